The second-order valence-corrected chi connectivity index (χ2v) is 10.5. The zero-order valence-electron chi connectivity index (χ0n) is 24.2. The third kappa shape index (κ3) is 11.2. The average Bonchev–Trinajstić information content (AvgIpc) is 2.96. The van der Waals surface area contributed by atoms with E-state index in [1.54, 1.807) is 0 Å². The number of aryl methyl sites for hydroxylation is 1. The minimum atomic E-state index is -0.716. The van der Waals surface area contributed by atoms with Crippen molar-refractivity contribution in [3.05, 3.63) is 66.5 Å². The number of hydrogen-bond donors (Lipinski definition) is 0. The highest BCUT2D eigenvalue weighted by atomic mass is 16.7. The van der Waals surface area contributed by atoms with E-state index < -0.39 is 6.16 Å². The zero-order valence-corrected chi connectivity index (χ0v) is 24.2. The van der Waals surface area contributed by atoms with Gasteiger partial charge in [0.05, 0.1) is 12.4 Å². The van der Waals surface area contributed by atoms with Gasteiger partial charge in [-0.3, -0.25) is 0 Å². The molecule has 0 radical (unpaired) electrons. The predicted octanol–water partition coefficient (Wildman–Crippen LogP) is 9.98. The lowest BCUT2D eigenvalue weighted by molar-refractivity contribution is 0.0611. The van der Waals surface area contributed by atoms with E-state index in [1.165, 1.54) is 81.3 Å². The number of ether oxygens (including phenoxy) is 2. The van der Waals surface area contributed by atoms with Gasteiger partial charge >= 0.3 is 6.16 Å². The highest BCUT2D eigenvalue weighted by Crippen LogP contribution is 2.24. The van der Waals surface area contributed by atoms with Crippen LogP contribution in [0.1, 0.15) is 103 Å². The molecule has 0 amide bonds. The van der Waals surface area contributed by atoms with Crippen LogP contribution in [0.4, 0.5) is 4.79 Å². The second kappa shape index (κ2) is 17.4. The quantitative estimate of drug-likeness (QED) is 0.128. The van der Waals surface area contributed by atoms with Crippen LogP contribution in [0.15, 0.2) is 60.9 Å². The molecule has 5 heteroatoms. The van der Waals surface area contributed by atoms with Crippen LogP contribution in [0.5, 0.6) is 5.75 Å². The summed E-state index contributed by atoms with van der Waals surface area (Å²) in [5.41, 5.74) is 4.68. The first-order valence-electron chi connectivity index (χ1n) is 15.0. The Hall–Kier alpha value is -3.21. The Morgan fingerprint density at radius 3 is 1.82 bits per heavy atom. The van der Waals surface area contributed by atoms with Crippen molar-refractivity contribution < 1.29 is 14.3 Å². The summed E-state index contributed by atoms with van der Waals surface area (Å²) in [7, 11) is 0. The Balaban J connectivity index is 1.44. The molecule has 0 aliphatic rings. The van der Waals surface area contributed by atoms with Gasteiger partial charge in [-0.2, -0.15) is 0 Å². The molecule has 0 unspecified atom stereocenters. The molecular formula is C34H46N2O3. The van der Waals surface area contributed by atoms with Crippen molar-refractivity contribution in [2.24, 2.45) is 0 Å². The van der Waals surface area contributed by atoms with Crippen molar-refractivity contribution in [2.45, 2.75) is 110 Å². The first kappa shape index (κ1) is 30.3. The van der Waals surface area contributed by atoms with Crippen LogP contribution in [0.25, 0.3) is 22.5 Å². The van der Waals surface area contributed by atoms with Gasteiger partial charge in [0, 0.05) is 5.56 Å². The first-order valence-corrected chi connectivity index (χ1v) is 15.0. The van der Waals surface area contributed by atoms with Gasteiger partial charge < -0.3 is 9.47 Å². The third-order valence-corrected chi connectivity index (χ3v) is 7.09. The summed E-state index contributed by atoms with van der Waals surface area (Å²) in [6.07, 6.45) is 18.1. The van der Waals surface area contributed by atoms with Crippen LogP contribution in [0.2, 0.25) is 0 Å². The molecule has 1 aromatic heterocycles. The Morgan fingerprint density at radius 1 is 0.692 bits per heavy atom. The van der Waals surface area contributed by atoms with E-state index in [0.29, 0.717) is 5.82 Å². The maximum atomic E-state index is 12.1. The molecule has 0 spiro atoms. The summed E-state index contributed by atoms with van der Waals surface area (Å²) in [4.78, 5) is 20.8. The third-order valence-electron chi connectivity index (χ3n) is 7.09. The monoisotopic (exact) mass is 530 g/mol. The van der Waals surface area contributed by atoms with Crippen molar-refractivity contribution in [2.75, 3.05) is 0 Å². The van der Waals surface area contributed by atoms with Crippen LogP contribution in [0.3, 0.4) is 0 Å². The molecule has 0 aliphatic carbocycles. The van der Waals surface area contributed by atoms with Gasteiger partial charge in [0.2, 0.25) is 0 Å². The molecule has 0 saturated carbocycles. The minimum Gasteiger partial charge on any atom is -0.431 e. The average molecular weight is 531 g/mol. The van der Waals surface area contributed by atoms with Gasteiger partial charge in [0.25, 0.3) is 0 Å². The number of carbonyl (C=O) groups excluding carboxylic acids is 1. The molecule has 0 bridgehead atoms. The number of hydrogen-bond acceptors (Lipinski definition) is 5. The lowest BCUT2D eigenvalue weighted by atomic mass is 10.00. The van der Waals surface area contributed by atoms with Crippen molar-refractivity contribution in [3.63, 3.8) is 0 Å². The second-order valence-electron chi connectivity index (χ2n) is 10.5. The summed E-state index contributed by atoms with van der Waals surface area (Å²) in [5.74, 6) is 0.853. The van der Waals surface area contributed by atoms with Gasteiger partial charge in [0.15, 0.2) is 11.6 Å². The normalized spacial score (nSPS) is 11.8. The van der Waals surface area contributed by atoms with Crippen molar-refractivity contribution in [1.29, 1.82) is 0 Å². The molecule has 0 saturated heterocycles. The summed E-state index contributed by atoms with van der Waals surface area (Å²) in [5, 5.41) is 0. The summed E-state index contributed by atoms with van der Waals surface area (Å²) >= 11 is 0. The molecule has 210 valence electrons. The minimum absolute atomic E-state index is 0.172. The zero-order chi connectivity index (χ0) is 27.7. The molecule has 0 fully saturated rings. The van der Waals surface area contributed by atoms with Crippen LogP contribution in [0, 0.1) is 0 Å². The van der Waals surface area contributed by atoms with E-state index in [4.69, 9.17) is 9.47 Å². The molecule has 1 heterocycles. The van der Waals surface area contributed by atoms with Crippen LogP contribution in [-0.2, 0) is 11.2 Å². The number of aromatic nitrogens is 2. The smallest absolute Gasteiger partial charge is 0.431 e. The number of unbranched alkanes of at least 4 members (excludes halogenated alkanes) is 9. The van der Waals surface area contributed by atoms with E-state index in [2.05, 4.69) is 60.2 Å². The summed E-state index contributed by atoms with van der Waals surface area (Å²) in [6, 6.07) is 17.1. The Kier molecular flexibility index (Phi) is 13.5. The Morgan fingerprint density at radius 2 is 1.21 bits per heavy atom. The van der Waals surface area contributed by atoms with Gasteiger partial charge in [0.1, 0.15) is 6.10 Å². The molecule has 39 heavy (non-hydrogen) atoms. The fourth-order valence-corrected chi connectivity index (χ4v) is 4.68. The lowest BCUT2D eigenvalue weighted by Crippen LogP contribution is -2.18. The van der Waals surface area contributed by atoms with Gasteiger partial charge in [-0.25, -0.2) is 14.8 Å². The number of carbonyl (C=O) groups is 1. The number of rotatable bonds is 17. The molecular weight excluding hydrogens is 484 g/mol. The van der Waals surface area contributed by atoms with E-state index in [1.807, 2.05) is 19.1 Å². The fraction of sp³-hybridized carbons (Fsp3) is 0.500. The molecule has 3 aromatic rings. The van der Waals surface area contributed by atoms with Crippen LogP contribution >= 0.6 is 0 Å². The Labute approximate surface area is 235 Å². The number of benzene rings is 2. The molecule has 2 aromatic carbocycles. The molecule has 0 aliphatic heterocycles. The maximum Gasteiger partial charge on any atom is 0.514 e. The van der Waals surface area contributed by atoms with E-state index in [-0.39, 0.29) is 11.9 Å². The largest absolute Gasteiger partial charge is 0.514 e. The molecule has 3 rings (SSSR count). The van der Waals surface area contributed by atoms with Crippen LogP contribution < -0.4 is 4.74 Å². The van der Waals surface area contributed by atoms with Crippen molar-refractivity contribution in [3.8, 4) is 28.3 Å². The number of nitrogens with zero attached hydrogens (tertiary/aromatic N) is 2. The van der Waals surface area contributed by atoms with Gasteiger partial charge in [-0.1, -0.05) is 120 Å². The highest BCUT2D eigenvalue weighted by Gasteiger charge is 2.13. The summed E-state index contributed by atoms with van der Waals surface area (Å²) in [6.45, 7) is 6.33. The fourth-order valence-electron chi connectivity index (χ4n) is 4.68. The Bertz CT molecular complexity index is 1080. The maximum absolute atomic E-state index is 12.1. The molecule has 1 atom stereocenters. The van der Waals surface area contributed by atoms with Crippen molar-refractivity contribution >= 4 is 6.16 Å². The van der Waals surface area contributed by atoms with Crippen LogP contribution in [-0.4, -0.2) is 22.2 Å². The topological polar surface area (TPSA) is 61.3 Å². The van der Waals surface area contributed by atoms with Crippen molar-refractivity contribution in [1.82, 2.24) is 9.97 Å². The molecule has 5 nitrogen and oxygen atoms in total. The molecule has 0 N–H and O–H groups in total. The van der Waals surface area contributed by atoms with E-state index in [9.17, 15) is 4.79 Å². The highest BCUT2D eigenvalue weighted by molar-refractivity contribution is 5.68. The van der Waals surface area contributed by atoms with E-state index in [0.717, 1.165) is 36.8 Å². The van der Waals surface area contributed by atoms with Gasteiger partial charge in [-0.15, -0.1) is 0 Å². The SMILES string of the molecule is CCCCCCCCCc1ccc(-c2ccc(-c3ncc(OC(=O)O[C@@H](C)CCCCCC)cn3)cc2)cc1. The summed E-state index contributed by atoms with van der Waals surface area (Å²) < 4.78 is 10.6. The lowest BCUT2D eigenvalue weighted by Gasteiger charge is -2.12. The first-order chi connectivity index (χ1) is 19.1. The van der Waals surface area contributed by atoms with Gasteiger partial charge in [-0.05, 0) is 49.3 Å². The van der Waals surface area contributed by atoms with E-state index >= 15 is 0 Å². The standard InChI is InChI=1S/C34H46N2O3/c1-4-6-8-10-11-12-14-16-28-17-19-29(20-18-28)30-21-23-31(24-22-30)33-35-25-32(26-36-33)39-34(37)38-27(3)15-13-9-7-5-2/h17-27H,4-16H2,1-3H3/t27-/m0/s1. The predicted molar refractivity (Wildman–Crippen MR) is 160 cm³/mol.